The van der Waals surface area contributed by atoms with E-state index in [0.29, 0.717) is 0 Å². The quantitative estimate of drug-likeness (QED) is 0.435. The smallest absolute Gasteiger partial charge is 0.458 e. The maximum atomic E-state index is 11.3. The third kappa shape index (κ3) is 2.70. The largest absolute Gasteiger partial charge is 0.490 e. The van der Waals surface area contributed by atoms with Crippen LogP contribution in [0.25, 0.3) is 0 Å². The SMILES string of the molecule is O=C(OCCn1cnc([N+](=O)[O-])n1)c1ccco1. The van der Waals surface area contributed by atoms with Gasteiger partial charge in [-0.05, 0) is 17.1 Å². The van der Waals surface area contributed by atoms with Crippen LogP contribution in [0.4, 0.5) is 5.95 Å². The fourth-order valence-corrected chi connectivity index (χ4v) is 1.17. The third-order valence-corrected chi connectivity index (χ3v) is 1.96. The molecule has 0 bridgehead atoms. The number of carbonyl (C=O) groups excluding carboxylic acids is 1. The molecule has 2 rings (SSSR count). The number of hydrogen-bond acceptors (Lipinski definition) is 7. The van der Waals surface area contributed by atoms with Crippen LogP contribution in [0.3, 0.4) is 0 Å². The molecule has 0 fully saturated rings. The first kappa shape index (κ1) is 11.8. The van der Waals surface area contributed by atoms with Crippen molar-refractivity contribution in [3.63, 3.8) is 0 Å². The van der Waals surface area contributed by atoms with Crippen molar-refractivity contribution in [3.05, 3.63) is 40.6 Å². The molecule has 0 amide bonds. The summed E-state index contributed by atoms with van der Waals surface area (Å²) in [6, 6.07) is 3.04. The van der Waals surface area contributed by atoms with Crippen LogP contribution in [0, 0.1) is 10.1 Å². The molecule has 2 heterocycles. The van der Waals surface area contributed by atoms with Crippen LogP contribution in [0.1, 0.15) is 10.6 Å². The van der Waals surface area contributed by atoms with Crippen molar-refractivity contribution >= 4 is 11.9 Å². The van der Waals surface area contributed by atoms with Crippen LogP contribution < -0.4 is 0 Å². The fourth-order valence-electron chi connectivity index (χ4n) is 1.17. The number of rotatable bonds is 5. The molecule has 2 aromatic rings. The van der Waals surface area contributed by atoms with E-state index < -0.39 is 16.8 Å². The number of ether oxygens (including phenoxy) is 1. The van der Waals surface area contributed by atoms with Gasteiger partial charge >= 0.3 is 11.9 Å². The average Bonchev–Trinajstić information content (AvgIpc) is 3.00. The van der Waals surface area contributed by atoms with Gasteiger partial charge in [0.05, 0.1) is 12.8 Å². The van der Waals surface area contributed by atoms with Crippen molar-refractivity contribution in [3.8, 4) is 0 Å². The minimum Gasteiger partial charge on any atom is -0.458 e. The molecule has 0 N–H and O–H groups in total. The van der Waals surface area contributed by atoms with Gasteiger partial charge in [0.1, 0.15) is 6.61 Å². The molecule has 9 heteroatoms. The van der Waals surface area contributed by atoms with Gasteiger partial charge in [0.2, 0.25) is 12.1 Å². The first-order valence-corrected chi connectivity index (χ1v) is 4.91. The Morgan fingerprint density at radius 2 is 2.44 bits per heavy atom. The van der Waals surface area contributed by atoms with Crippen LogP contribution in [0.2, 0.25) is 0 Å². The number of carbonyl (C=O) groups is 1. The zero-order chi connectivity index (χ0) is 13.0. The molecule has 0 atom stereocenters. The van der Waals surface area contributed by atoms with Crippen LogP contribution >= 0.6 is 0 Å². The highest BCUT2D eigenvalue weighted by Gasteiger charge is 2.14. The molecule has 0 saturated heterocycles. The predicted octanol–water partition coefficient (Wildman–Crippen LogP) is 0.636. The number of nitrogens with zero attached hydrogens (tertiary/aromatic N) is 4. The Balaban J connectivity index is 1.81. The van der Waals surface area contributed by atoms with E-state index in [1.807, 2.05) is 0 Å². The van der Waals surface area contributed by atoms with Crippen molar-refractivity contribution < 1.29 is 18.9 Å². The summed E-state index contributed by atoms with van der Waals surface area (Å²) in [5.41, 5.74) is 0. The summed E-state index contributed by atoms with van der Waals surface area (Å²) in [5.74, 6) is -0.999. The monoisotopic (exact) mass is 252 g/mol. The summed E-state index contributed by atoms with van der Waals surface area (Å²) in [4.78, 5) is 24.4. The van der Waals surface area contributed by atoms with E-state index in [4.69, 9.17) is 9.15 Å². The van der Waals surface area contributed by atoms with Gasteiger partial charge in [0, 0.05) is 5.10 Å². The van der Waals surface area contributed by atoms with Crippen molar-refractivity contribution in [2.24, 2.45) is 0 Å². The first-order chi connectivity index (χ1) is 8.66. The number of aromatic nitrogens is 3. The molecule has 0 unspecified atom stereocenters. The van der Waals surface area contributed by atoms with Crippen LogP contribution in [-0.4, -0.2) is 32.3 Å². The molecule has 0 aromatic carbocycles. The lowest BCUT2D eigenvalue weighted by Crippen LogP contribution is -2.11. The number of nitro groups is 1. The number of esters is 1. The van der Waals surface area contributed by atoms with E-state index in [-0.39, 0.29) is 18.9 Å². The van der Waals surface area contributed by atoms with Gasteiger partial charge in [-0.15, -0.1) is 0 Å². The summed E-state index contributed by atoms with van der Waals surface area (Å²) < 4.78 is 10.9. The maximum Gasteiger partial charge on any atom is 0.490 e. The van der Waals surface area contributed by atoms with Crippen LogP contribution in [0.5, 0.6) is 0 Å². The molecule has 2 aromatic heterocycles. The molecule has 0 aliphatic carbocycles. The van der Waals surface area contributed by atoms with Gasteiger partial charge in [-0.1, -0.05) is 4.98 Å². The van der Waals surface area contributed by atoms with Crippen molar-refractivity contribution in [1.82, 2.24) is 14.8 Å². The zero-order valence-corrected chi connectivity index (χ0v) is 9.05. The van der Waals surface area contributed by atoms with E-state index in [0.717, 1.165) is 0 Å². The van der Waals surface area contributed by atoms with Gasteiger partial charge in [-0.2, -0.15) is 4.68 Å². The second-order valence-electron chi connectivity index (χ2n) is 3.18. The Bertz CT molecular complexity index is 547. The Morgan fingerprint density at radius 1 is 1.61 bits per heavy atom. The predicted molar refractivity (Wildman–Crippen MR) is 55.7 cm³/mol. The molecule has 94 valence electrons. The first-order valence-electron chi connectivity index (χ1n) is 4.91. The lowest BCUT2D eigenvalue weighted by Gasteiger charge is -2.00. The number of hydrogen-bond donors (Lipinski definition) is 0. The van der Waals surface area contributed by atoms with E-state index in [9.17, 15) is 14.9 Å². The molecule has 9 nitrogen and oxygen atoms in total. The summed E-state index contributed by atoms with van der Waals surface area (Å²) in [5, 5.41) is 13.9. The van der Waals surface area contributed by atoms with Gasteiger partial charge in [-0.3, -0.25) is 0 Å². The van der Waals surface area contributed by atoms with Crippen molar-refractivity contribution in [2.45, 2.75) is 6.54 Å². The molecule has 18 heavy (non-hydrogen) atoms. The standard InChI is InChI=1S/C9H8N4O5/c14-8(7-2-1-4-17-7)18-5-3-12-6-10-9(11-12)13(15)16/h1-2,4,6H,3,5H2. The lowest BCUT2D eigenvalue weighted by atomic mass is 10.5. The molecule has 0 radical (unpaired) electrons. The van der Waals surface area contributed by atoms with Gasteiger partial charge in [0.15, 0.2) is 0 Å². The minimum absolute atomic E-state index is 0.0139. The van der Waals surface area contributed by atoms with Gasteiger partial charge < -0.3 is 19.3 Å². The summed E-state index contributed by atoms with van der Waals surface area (Å²) >= 11 is 0. The molecule has 0 aliphatic heterocycles. The highest BCUT2D eigenvalue weighted by molar-refractivity contribution is 5.86. The van der Waals surface area contributed by atoms with Crippen molar-refractivity contribution in [2.75, 3.05) is 6.61 Å². The average molecular weight is 252 g/mol. The molecular formula is C9H8N4O5. The highest BCUT2D eigenvalue weighted by atomic mass is 16.6. The summed E-state index contributed by atoms with van der Waals surface area (Å²) in [6.45, 7) is 0.188. The Hall–Kier alpha value is -2.71. The fraction of sp³-hybridized carbons (Fsp3) is 0.222. The Morgan fingerprint density at radius 3 is 3.06 bits per heavy atom. The summed E-state index contributed by atoms with van der Waals surface area (Å²) in [7, 11) is 0. The topological polar surface area (TPSA) is 113 Å². The molecule has 0 aliphatic rings. The van der Waals surface area contributed by atoms with E-state index in [1.54, 1.807) is 6.07 Å². The zero-order valence-electron chi connectivity index (χ0n) is 9.05. The summed E-state index contributed by atoms with van der Waals surface area (Å²) in [6.07, 6.45) is 2.55. The Kier molecular flexibility index (Phi) is 3.32. The van der Waals surface area contributed by atoms with E-state index >= 15 is 0 Å². The highest BCUT2D eigenvalue weighted by Crippen LogP contribution is 2.03. The molecular weight excluding hydrogens is 244 g/mol. The minimum atomic E-state index is -0.703. The van der Waals surface area contributed by atoms with Gasteiger partial charge in [0.25, 0.3) is 0 Å². The normalized spacial score (nSPS) is 10.2. The number of furan rings is 1. The maximum absolute atomic E-state index is 11.3. The molecule has 0 saturated carbocycles. The van der Waals surface area contributed by atoms with Crippen LogP contribution in [-0.2, 0) is 11.3 Å². The lowest BCUT2D eigenvalue weighted by molar-refractivity contribution is -0.394. The van der Waals surface area contributed by atoms with Crippen LogP contribution in [0.15, 0.2) is 29.1 Å². The Labute approximate surface area is 100 Å². The van der Waals surface area contributed by atoms with E-state index in [1.165, 1.54) is 23.3 Å². The second-order valence-corrected chi connectivity index (χ2v) is 3.18. The van der Waals surface area contributed by atoms with Crippen molar-refractivity contribution in [1.29, 1.82) is 0 Å². The third-order valence-electron chi connectivity index (χ3n) is 1.96. The second kappa shape index (κ2) is 5.08. The molecule has 0 spiro atoms. The van der Waals surface area contributed by atoms with Gasteiger partial charge in [-0.25, -0.2) is 4.79 Å². The van der Waals surface area contributed by atoms with E-state index in [2.05, 4.69) is 10.1 Å².